The van der Waals surface area contributed by atoms with Gasteiger partial charge in [0.2, 0.25) is 5.95 Å². The van der Waals surface area contributed by atoms with Crippen molar-refractivity contribution in [1.82, 2.24) is 20.2 Å². The van der Waals surface area contributed by atoms with Crippen LogP contribution in [0.5, 0.6) is 0 Å². The zero-order valence-corrected chi connectivity index (χ0v) is 12.4. The molecule has 0 spiro atoms. The van der Waals surface area contributed by atoms with Gasteiger partial charge in [0.25, 0.3) is 0 Å². The van der Waals surface area contributed by atoms with E-state index >= 15 is 0 Å². The minimum absolute atomic E-state index is 0.182. The number of rotatable bonds is 2. The van der Waals surface area contributed by atoms with Gasteiger partial charge in [-0.15, -0.1) is 0 Å². The van der Waals surface area contributed by atoms with Crippen molar-refractivity contribution >= 4 is 11.6 Å². The molecule has 4 rings (SSSR count). The molecule has 5 nitrogen and oxygen atoms in total. The summed E-state index contributed by atoms with van der Waals surface area (Å²) in [7, 11) is 0. The van der Waals surface area contributed by atoms with E-state index in [1.54, 1.807) is 16.8 Å². The van der Waals surface area contributed by atoms with Crippen molar-refractivity contribution in [1.29, 1.82) is 0 Å². The van der Waals surface area contributed by atoms with Crippen LogP contribution in [0.4, 0.5) is 10.3 Å². The number of anilines is 1. The maximum Gasteiger partial charge on any atom is 0.248 e. The molecule has 1 aliphatic heterocycles. The number of tetrazole rings is 1. The number of nitrogens with zero attached hydrogens (tertiary/aromatic N) is 4. The average Bonchev–Trinajstić information content (AvgIpc) is 3.04. The van der Waals surface area contributed by atoms with Gasteiger partial charge in [-0.25, -0.2) is 4.39 Å². The minimum Gasteiger partial charge on any atom is -0.323 e. The van der Waals surface area contributed by atoms with Gasteiger partial charge < -0.3 is 5.32 Å². The lowest BCUT2D eigenvalue weighted by molar-refractivity contribution is 0.582. The second-order valence-corrected chi connectivity index (χ2v) is 5.51. The predicted octanol–water partition coefficient (Wildman–Crippen LogP) is 3.18. The van der Waals surface area contributed by atoms with Crippen molar-refractivity contribution in [2.24, 2.45) is 0 Å². The Balaban J connectivity index is 1.79. The number of nitrogens with one attached hydrogen (secondary N) is 1. The van der Waals surface area contributed by atoms with Crippen LogP contribution in [0.1, 0.15) is 22.7 Å². The number of allylic oxidation sites excluding steroid dienone is 1. The molecule has 3 aromatic rings. The molecule has 1 N–H and O–H groups in total. The topological polar surface area (TPSA) is 55.6 Å². The molecule has 1 atom stereocenters. The van der Waals surface area contributed by atoms with Crippen LogP contribution < -0.4 is 5.32 Å². The molecule has 0 saturated heterocycles. The van der Waals surface area contributed by atoms with Crippen molar-refractivity contribution in [2.45, 2.75) is 13.0 Å². The fourth-order valence-corrected chi connectivity index (χ4v) is 2.65. The molecule has 0 aliphatic carbocycles. The van der Waals surface area contributed by atoms with E-state index in [9.17, 15) is 4.39 Å². The molecule has 23 heavy (non-hydrogen) atoms. The molecule has 2 heterocycles. The third kappa shape index (κ3) is 2.48. The van der Waals surface area contributed by atoms with Gasteiger partial charge in [-0.05, 0) is 46.7 Å². The summed E-state index contributed by atoms with van der Waals surface area (Å²) in [6.07, 6.45) is 2.04. The lowest BCUT2D eigenvalue weighted by Gasteiger charge is -2.23. The summed E-state index contributed by atoms with van der Waals surface area (Å²) in [5.41, 5.74) is 4.11. The van der Waals surface area contributed by atoms with Crippen molar-refractivity contribution in [3.8, 4) is 0 Å². The normalized spacial score (nSPS) is 16.4. The van der Waals surface area contributed by atoms with Gasteiger partial charge >= 0.3 is 0 Å². The van der Waals surface area contributed by atoms with Gasteiger partial charge in [0, 0.05) is 5.70 Å². The summed E-state index contributed by atoms with van der Waals surface area (Å²) in [6.45, 7) is 2.05. The van der Waals surface area contributed by atoms with Crippen LogP contribution in [0.3, 0.4) is 0 Å². The summed E-state index contributed by atoms with van der Waals surface area (Å²) in [6, 6.07) is 14.4. The fraction of sp³-hybridized carbons (Fsp3) is 0.118. The Morgan fingerprint density at radius 3 is 2.52 bits per heavy atom. The molecule has 0 bridgehead atoms. The Morgan fingerprint density at radius 1 is 1.04 bits per heavy atom. The van der Waals surface area contributed by atoms with Gasteiger partial charge in [0.05, 0.1) is 0 Å². The largest absolute Gasteiger partial charge is 0.323 e. The quantitative estimate of drug-likeness (QED) is 0.790. The van der Waals surface area contributed by atoms with Gasteiger partial charge in [-0.1, -0.05) is 47.1 Å². The van der Waals surface area contributed by atoms with Gasteiger partial charge in [-0.3, -0.25) is 0 Å². The Kier molecular flexibility index (Phi) is 3.15. The van der Waals surface area contributed by atoms with Crippen molar-refractivity contribution < 1.29 is 4.39 Å². The van der Waals surface area contributed by atoms with E-state index in [4.69, 9.17) is 0 Å². The first-order valence-corrected chi connectivity index (χ1v) is 7.30. The standard InChI is InChI=1S/C17H14FN5/c1-11-2-4-12(5-3-11)15-10-16(13-6-8-14(18)9-7-13)23-17(19-15)20-21-22-23/h2-10,16H,1H3,(H,19,20,22). The maximum absolute atomic E-state index is 13.2. The summed E-state index contributed by atoms with van der Waals surface area (Å²) < 4.78 is 14.9. The number of aryl methyl sites for hydroxylation is 1. The molecule has 0 fully saturated rings. The molecular weight excluding hydrogens is 293 g/mol. The molecule has 1 unspecified atom stereocenters. The molecule has 1 aromatic heterocycles. The zero-order chi connectivity index (χ0) is 15.8. The monoisotopic (exact) mass is 307 g/mol. The molecule has 0 amide bonds. The van der Waals surface area contributed by atoms with E-state index < -0.39 is 0 Å². The first-order valence-electron chi connectivity index (χ1n) is 7.30. The number of halogens is 1. The Hall–Kier alpha value is -3.02. The van der Waals surface area contributed by atoms with E-state index in [0.717, 1.165) is 16.8 Å². The number of fused-ring (bicyclic) bond motifs is 1. The molecule has 0 saturated carbocycles. The summed E-state index contributed by atoms with van der Waals surface area (Å²) >= 11 is 0. The summed E-state index contributed by atoms with van der Waals surface area (Å²) in [5.74, 6) is 0.305. The van der Waals surface area contributed by atoms with Gasteiger partial charge in [-0.2, -0.15) is 4.68 Å². The van der Waals surface area contributed by atoms with E-state index in [-0.39, 0.29) is 11.9 Å². The first-order chi connectivity index (χ1) is 11.2. The molecule has 1 aliphatic rings. The third-order valence-corrected chi connectivity index (χ3v) is 3.90. The van der Waals surface area contributed by atoms with E-state index in [1.807, 2.05) is 13.0 Å². The number of benzene rings is 2. The number of aromatic nitrogens is 4. The average molecular weight is 307 g/mol. The number of hydrogen-bond donors (Lipinski definition) is 1. The van der Waals surface area contributed by atoms with E-state index in [0.29, 0.717) is 5.95 Å². The molecular formula is C17H14FN5. The predicted molar refractivity (Wildman–Crippen MR) is 85.1 cm³/mol. The van der Waals surface area contributed by atoms with Crippen LogP contribution in [-0.2, 0) is 0 Å². The minimum atomic E-state index is -0.262. The zero-order valence-electron chi connectivity index (χ0n) is 12.4. The van der Waals surface area contributed by atoms with Crippen molar-refractivity contribution in [3.05, 3.63) is 77.1 Å². The van der Waals surface area contributed by atoms with Crippen LogP contribution in [-0.4, -0.2) is 20.2 Å². The second-order valence-electron chi connectivity index (χ2n) is 5.51. The lowest BCUT2D eigenvalue weighted by Crippen LogP contribution is -2.20. The molecule has 114 valence electrons. The summed E-state index contributed by atoms with van der Waals surface area (Å²) in [4.78, 5) is 0. The highest BCUT2D eigenvalue weighted by molar-refractivity contribution is 5.77. The molecule has 0 radical (unpaired) electrons. The lowest BCUT2D eigenvalue weighted by atomic mass is 10.0. The Bertz CT molecular complexity index is 865. The first kappa shape index (κ1) is 13.6. The van der Waals surface area contributed by atoms with E-state index in [2.05, 4.69) is 45.1 Å². The Labute approximate surface area is 132 Å². The van der Waals surface area contributed by atoms with E-state index in [1.165, 1.54) is 17.7 Å². The summed E-state index contributed by atoms with van der Waals surface area (Å²) in [5, 5.41) is 15.0. The van der Waals surface area contributed by atoms with Crippen LogP contribution in [0.25, 0.3) is 5.70 Å². The van der Waals surface area contributed by atoms with Crippen LogP contribution in [0.15, 0.2) is 54.6 Å². The second kappa shape index (κ2) is 5.31. The highest BCUT2D eigenvalue weighted by atomic mass is 19.1. The molecule has 2 aromatic carbocycles. The van der Waals surface area contributed by atoms with Crippen molar-refractivity contribution in [3.63, 3.8) is 0 Å². The van der Waals surface area contributed by atoms with Crippen molar-refractivity contribution in [2.75, 3.05) is 5.32 Å². The van der Waals surface area contributed by atoms with Crippen LogP contribution in [0.2, 0.25) is 0 Å². The molecule has 6 heteroatoms. The smallest absolute Gasteiger partial charge is 0.248 e. The van der Waals surface area contributed by atoms with Gasteiger partial charge in [0.15, 0.2) is 0 Å². The maximum atomic E-state index is 13.2. The Morgan fingerprint density at radius 2 is 1.78 bits per heavy atom. The van der Waals surface area contributed by atoms with Crippen LogP contribution >= 0.6 is 0 Å². The van der Waals surface area contributed by atoms with Gasteiger partial charge in [0.1, 0.15) is 11.9 Å². The number of hydrogen-bond acceptors (Lipinski definition) is 4. The van der Waals surface area contributed by atoms with Crippen LogP contribution in [0, 0.1) is 12.7 Å². The highest BCUT2D eigenvalue weighted by Gasteiger charge is 2.24. The third-order valence-electron chi connectivity index (χ3n) is 3.90. The highest BCUT2D eigenvalue weighted by Crippen LogP contribution is 2.31. The SMILES string of the molecule is Cc1ccc(C2=CC(c3ccc(F)cc3)n3nnnc3N2)cc1. The fourth-order valence-electron chi connectivity index (χ4n) is 2.65.